The highest BCUT2D eigenvalue weighted by Gasteiger charge is 2.26. The van der Waals surface area contributed by atoms with Crippen molar-refractivity contribution in [3.05, 3.63) is 65.7 Å². The van der Waals surface area contributed by atoms with Gasteiger partial charge in [-0.15, -0.1) is 0 Å². The third kappa shape index (κ3) is 4.29. The number of nitrogens with one attached hydrogen (secondary N) is 2. The summed E-state index contributed by atoms with van der Waals surface area (Å²) in [6.07, 6.45) is 11.1. The lowest BCUT2D eigenvalue weighted by Crippen LogP contribution is -2.31. The van der Waals surface area contributed by atoms with Crippen LogP contribution < -0.4 is 10.6 Å². The standard InChI is InChI=1S/C24H32N2/c1-3-10-19(11-4-1)12-9-17-25-24-18-23(20-13-5-2-6-14-20)26-22-16-8-7-15-21(22)24/h2,5-8,13-16,19,23-26H,1,3-4,9-12,17-18H2/t23-,24?/m1/s1. The van der Waals surface area contributed by atoms with Crippen LogP contribution >= 0.6 is 0 Å². The van der Waals surface area contributed by atoms with Crippen LogP contribution in [0.1, 0.15) is 74.6 Å². The van der Waals surface area contributed by atoms with Crippen molar-refractivity contribution in [3.63, 3.8) is 0 Å². The van der Waals surface area contributed by atoms with Gasteiger partial charge in [0.1, 0.15) is 0 Å². The van der Waals surface area contributed by atoms with Crippen LogP contribution in [0.15, 0.2) is 54.6 Å². The molecule has 2 atom stereocenters. The molecular weight excluding hydrogens is 316 g/mol. The first-order valence-electron chi connectivity index (χ1n) is 10.5. The Balaban J connectivity index is 1.37. The molecule has 2 aliphatic rings. The van der Waals surface area contributed by atoms with Crippen LogP contribution in [0.3, 0.4) is 0 Å². The van der Waals surface area contributed by atoms with E-state index in [0.717, 1.165) is 18.9 Å². The van der Waals surface area contributed by atoms with E-state index in [0.29, 0.717) is 12.1 Å². The summed E-state index contributed by atoms with van der Waals surface area (Å²) in [5, 5.41) is 7.62. The van der Waals surface area contributed by atoms with Gasteiger partial charge in [0, 0.05) is 11.7 Å². The van der Waals surface area contributed by atoms with Gasteiger partial charge in [0.2, 0.25) is 0 Å². The van der Waals surface area contributed by atoms with E-state index in [2.05, 4.69) is 65.2 Å². The van der Waals surface area contributed by atoms with Crippen LogP contribution in [0, 0.1) is 5.92 Å². The zero-order valence-electron chi connectivity index (χ0n) is 15.8. The molecule has 0 aromatic heterocycles. The molecule has 0 saturated heterocycles. The minimum atomic E-state index is 0.391. The van der Waals surface area contributed by atoms with Gasteiger partial charge < -0.3 is 10.6 Å². The summed E-state index contributed by atoms with van der Waals surface area (Å²) < 4.78 is 0. The second-order valence-corrected chi connectivity index (χ2v) is 8.08. The normalized spacial score (nSPS) is 23.2. The van der Waals surface area contributed by atoms with E-state index in [1.165, 1.54) is 61.8 Å². The predicted molar refractivity (Wildman–Crippen MR) is 110 cm³/mol. The van der Waals surface area contributed by atoms with Crippen LogP contribution in [-0.4, -0.2) is 6.54 Å². The zero-order chi connectivity index (χ0) is 17.6. The molecule has 0 amide bonds. The van der Waals surface area contributed by atoms with Gasteiger partial charge >= 0.3 is 0 Å². The van der Waals surface area contributed by atoms with Gasteiger partial charge in [-0.1, -0.05) is 80.6 Å². The lowest BCUT2D eigenvalue weighted by atomic mass is 9.86. The fourth-order valence-electron chi connectivity index (χ4n) is 4.78. The van der Waals surface area contributed by atoms with Crippen LogP contribution in [0.5, 0.6) is 0 Å². The lowest BCUT2D eigenvalue weighted by molar-refractivity contribution is 0.326. The zero-order valence-corrected chi connectivity index (χ0v) is 15.8. The van der Waals surface area contributed by atoms with Crippen LogP contribution in [0.2, 0.25) is 0 Å². The minimum Gasteiger partial charge on any atom is -0.378 e. The number of benzene rings is 2. The van der Waals surface area contributed by atoms with Crippen molar-refractivity contribution in [2.75, 3.05) is 11.9 Å². The van der Waals surface area contributed by atoms with Crippen molar-refractivity contribution in [2.45, 2.75) is 63.5 Å². The van der Waals surface area contributed by atoms with E-state index in [4.69, 9.17) is 0 Å². The molecule has 0 bridgehead atoms. The maximum atomic E-state index is 3.88. The molecule has 0 radical (unpaired) electrons. The molecule has 1 aliphatic heterocycles. The molecule has 1 unspecified atom stereocenters. The maximum absolute atomic E-state index is 3.88. The number of anilines is 1. The average Bonchev–Trinajstić information content (AvgIpc) is 2.72. The van der Waals surface area contributed by atoms with Gasteiger partial charge in [-0.3, -0.25) is 0 Å². The molecule has 26 heavy (non-hydrogen) atoms. The number of hydrogen-bond acceptors (Lipinski definition) is 2. The van der Waals surface area contributed by atoms with Crippen LogP contribution in [0.4, 0.5) is 5.69 Å². The van der Waals surface area contributed by atoms with Crippen molar-refractivity contribution in [2.24, 2.45) is 5.92 Å². The van der Waals surface area contributed by atoms with Crippen molar-refractivity contribution in [3.8, 4) is 0 Å². The van der Waals surface area contributed by atoms with E-state index < -0.39 is 0 Å². The molecule has 2 aromatic carbocycles. The number of rotatable bonds is 6. The van der Waals surface area contributed by atoms with Crippen LogP contribution in [0.25, 0.3) is 0 Å². The molecular formula is C24H32N2. The summed E-state index contributed by atoms with van der Waals surface area (Å²) in [5.74, 6) is 0.989. The van der Waals surface area contributed by atoms with E-state index in [9.17, 15) is 0 Å². The van der Waals surface area contributed by atoms with Gasteiger partial charge in [-0.05, 0) is 48.9 Å². The highest BCUT2D eigenvalue weighted by atomic mass is 15.0. The first-order chi connectivity index (χ1) is 12.9. The first kappa shape index (κ1) is 17.6. The fourth-order valence-corrected chi connectivity index (χ4v) is 4.78. The summed E-state index contributed by atoms with van der Waals surface area (Å²) in [7, 11) is 0. The molecule has 2 heteroatoms. The predicted octanol–water partition coefficient (Wildman–Crippen LogP) is 6.23. The summed E-state index contributed by atoms with van der Waals surface area (Å²) >= 11 is 0. The van der Waals surface area contributed by atoms with Crippen molar-refractivity contribution < 1.29 is 0 Å². The lowest BCUT2D eigenvalue weighted by Gasteiger charge is -2.34. The van der Waals surface area contributed by atoms with Crippen molar-refractivity contribution in [1.82, 2.24) is 5.32 Å². The molecule has 0 spiro atoms. The second kappa shape index (κ2) is 8.73. The highest BCUT2D eigenvalue weighted by molar-refractivity contribution is 5.56. The summed E-state index contributed by atoms with van der Waals surface area (Å²) in [6, 6.07) is 20.5. The quantitative estimate of drug-likeness (QED) is 0.604. The Morgan fingerprint density at radius 1 is 0.885 bits per heavy atom. The molecule has 4 rings (SSSR count). The summed E-state index contributed by atoms with van der Waals surface area (Å²) in [6.45, 7) is 1.14. The Bertz CT molecular complexity index is 676. The average molecular weight is 349 g/mol. The third-order valence-electron chi connectivity index (χ3n) is 6.24. The second-order valence-electron chi connectivity index (χ2n) is 8.08. The van der Waals surface area contributed by atoms with Gasteiger partial charge in [0.15, 0.2) is 0 Å². The number of fused-ring (bicyclic) bond motifs is 1. The van der Waals surface area contributed by atoms with Crippen molar-refractivity contribution >= 4 is 5.69 Å². The van der Waals surface area contributed by atoms with Gasteiger partial charge in [-0.2, -0.15) is 0 Å². The van der Waals surface area contributed by atoms with Crippen molar-refractivity contribution in [1.29, 1.82) is 0 Å². The third-order valence-corrected chi connectivity index (χ3v) is 6.24. The van der Waals surface area contributed by atoms with Gasteiger partial charge in [0.05, 0.1) is 6.04 Å². The molecule has 2 nitrogen and oxygen atoms in total. The largest absolute Gasteiger partial charge is 0.378 e. The SMILES string of the molecule is c1ccc([C@H]2CC(NCCCC3CCCCC3)c3ccccc3N2)cc1. The molecule has 2 N–H and O–H groups in total. The molecule has 138 valence electrons. The molecule has 1 fully saturated rings. The molecule has 1 aliphatic carbocycles. The Morgan fingerprint density at radius 2 is 1.65 bits per heavy atom. The van der Waals surface area contributed by atoms with Gasteiger partial charge in [-0.25, -0.2) is 0 Å². The monoisotopic (exact) mass is 348 g/mol. The Labute approximate surface area is 158 Å². The Morgan fingerprint density at radius 3 is 2.50 bits per heavy atom. The topological polar surface area (TPSA) is 24.1 Å². The number of para-hydroxylation sites is 1. The Hall–Kier alpha value is -1.80. The van der Waals surface area contributed by atoms with E-state index >= 15 is 0 Å². The summed E-state index contributed by atoms with van der Waals surface area (Å²) in [5.41, 5.74) is 4.10. The highest BCUT2D eigenvalue weighted by Crippen LogP contribution is 2.38. The number of hydrogen-bond donors (Lipinski definition) is 2. The van der Waals surface area contributed by atoms with E-state index in [1.807, 2.05) is 0 Å². The van der Waals surface area contributed by atoms with Crippen LogP contribution in [-0.2, 0) is 0 Å². The van der Waals surface area contributed by atoms with E-state index in [1.54, 1.807) is 0 Å². The Kier molecular flexibility index (Phi) is 5.91. The molecule has 2 aromatic rings. The van der Waals surface area contributed by atoms with Gasteiger partial charge in [0.25, 0.3) is 0 Å². The summed E-state index contributed by atoms with van der Waals surface area (Å²) in [4.78, 5) is 0. The van der Waals surface area contributed by atoms with E-state index in [-0.39, 0.29) is 0 Å². The fraction of sp³-hybridized carbons (Fsp3) is 0.500. The smallest absolute Gasteiger partial charge is 0.0532 e. The minimum absolute atomic E-state index is 0.391. The molecule has 1 saturated carbocycles. The molecule has 1 heterocycles. The first-order valence-corrected chi connectivity index (χ1v) is 10.5. The maximum Gasteiger partial charge on any atom is 0.0532 e.